The number of rotatable bonds is 5. The van der Waals surface area contributed by atoms with Crippen molar-refractivity contribution in [3.63, 3.8) is 0 Å². The molecule has 0 aliphatic carbocycles. The fourth-order valence-corrected chi connectivity index (χ4v) is 2.29. The first-order valence-corrected chi connectivity index (χ1v) is 8.05. The van der Waals surface area contributed by atoms with E-state index in [-0.39, 0.29) is 18.1 Å². The molecule has 0 aliphatic rings. The van der Waals surface area contributed by atoms with Crippen LogP contribution in [0.5, 0.6) is 5.75 Å². The zero-order valence-electron chi connectivity index (χ0n) is 14.7. The van der Waals surface area contributed by atoms with Crippen LogP contribution >= 0.6 is 0 Å². The topological polar surface area (TPSA) is 67.4 Å². The summed E-state index contributed by atoms with van der Waals surface area (Å²) in [6, 6.07) is 8.25. The van der Waals surface area contributed by atoms with Crippen molar-refractivity contribution < 1.29 is 23.1 Å². The molecule has 0 aromatic heterocycles. The number of amides is 2. The molecule has 5 nitrogen and oxygen atoms in total. The first-order chi connectivity index (χ1) is 12.3. The van der Waals surface area contributed by atoms with Crippen LogP contribution in [0.4, 0.5) is 8.78 Å². The van der Waals surface area contributed by atoms with Gasteiger partial charge >= 0.3 is 0 Å². The van der Waals surface area contributed by atoms with Crippen LogP contribution in [-0.4, -0.2) is 18.4 Å². The summed E-state index contributed by atoms with van der Waals surface area (Å²) in [4.78, 5) is 23.7. The number of hydrogen-bond acceptors (Lipinski definition) is 3. The highest BCUT2D eigenvalue weighted by Gasteiger charge is 2.14. The maximum Gasteiger partial charge on any atom is 0.276 e. The average molecular weight is 362 g/mol. The minimum absolute atomic E-state index is 0.217. The van der Waals surface area contributed by atoms with Crippen LogP contribution in [0.2, 0.25) is 0 Å². The predicted octanol–water partition coefficient (Wildman–Crippen LogP) is 3.24. The second-order valence-corrected chi connectivity index (χ2v) is 6.11. The Morgan fingerprint density at radius 1 is 1.08 bits per heavy atom. The number of nitrogens with one attached hydrogen (secondary N) is 2. The molecule has 26 heavy (non-hydrogen) atoms. The molecule has 0 atom stereocenters. The number of carbonyl (C=O) groups excluding carboxylic acids is 2. The van der Waals surface area contributed by atoms with Crippen LogP contribution in [0.15, 0.2) is 36.4 Å². The van der Waals surface area contributed by atoms with Gasteiger partial charge in [0.05, 0.1) is 5.56 Å². The van der Waals surface area contributed by atoms with Crippen LogP contribution in [0.25, 0.3) is 0 Å². The second kappa shape index (κ2) is 8.42. The number of benzene rings is 2. The molecule has 2 amide bonds. The number of carbonyl (C=O) groups is 2. The molecule has 0 bridgehead atoms. The summed E-state index contributed by atoms with van der Waals surface area (Å²) in [7, 11) is 0. The lowest BCUT2D eigenvalue weighted by molar-refractivity contribution is -0.123. The van der Waals surface area contributed by atoms with E-state index in [0.29, 0.717) is 11.8 Å². The van der Waals surface area contributed by atoms with E-state index in [0.717, 1.165) is 23.3 Å². The SMILES string of the molecule is Cc1ccc(C(C)C)c(OCC(=O)NNC(=O)c2ccc(F)cc2F)c1. The maximum atomic E-state index is 13.5. The van der Waals surface area contributed by atoms with Crippen molar-refractivity contribution in [2.24, 2.45) is 0 Å². The summed E-state index contributed by atoms with van der Waals surface area (Å²) < 4.78 is 31.9. The average Bonchev–Trinajstić information content (AvgIpc) is 2.57. The van der Waals surface area contributed by atoms with Gasteiger partial charge in [0.2, 0.25) is 0 Å². The quantitative estimate of drug-likeness (QED) is 0.803. The van der Waals surface area contributed by atoms with Gasteiger partial charge in [0.25, 0.3) is 11.8 Å². The molecule has 0 unspecified atom stereocenters. The van der Waals surface area contributed by atoms with E-state index in [9.17, 15) is 18.4 Å². The Labute approximate surface area is 150 Å². The summed E-state index contributed by atoms with van der Waals surface area (Å²) in [6.45, 7) is 5.61. The zero-order valence-corrected chi connectivity index (χ0v) is 14.7. The van der Waals surface area contributed by atoms with E-state index in [1.807, 2.05) is 39.0 Å². The lowest BCUT2D eigenvalue weighted by Crippen LogP contribution is -2.44. The van der Waals surface area contributed by atoms with Crippen LogP contribution < -0.4 is 15.6 Å². The molecule has 2 rings (SSSR count). The molecule has 0 saturated heterocycles. The highest BCUT2D eigenvalue weighted by atomic mass is 19.1. The van der Waals surface area contributed by atoms with Crippen molar-refractivity contribution >= 4 is 11.8 Å². The van der Waals surface area contributed by atoms with Gasteiger partial charge in [-0.25, -0.2) is 8.78 Å². The van der Waals surface area contributed by atoms with Crippen molar-refractivity contribution in [2.45, 2.75) is 26.7 Å². The molecule has 2 N–H and O–H groups in total. The fraction of sp³-hybridized carbons (Fsp3) is 0.263. The highest BCUT2D eigenvalue weighted by Crippen LogP contribution is 2.27. The number of hydrazine groups is 1. The third-order valence-electron chi connectivity index (χ3n) is 3.64. The van der Waals surface area contributed by atoms with Crippen molar-refractivity contribution in [3.8, 4) is 5.75 Å². The van der Waals surface area contributed by atoms with Gasteiger partial charge in [0.1, 0.15) is 17.4 Å². The minimum Gasteiger partial charge on any atom is -0.483 e. The molecular weight excluding hydrogens is 342 g/mol. The minimum atomic E-state index is -1.02. The van der Waals surface area contributed by atoms with Crippen LogP contribution in [0.3, 0.4) is 0 Å². The molecular formula is C19H20F2N2O3. The van der Waals surface area contributed by atoms with Crippen molar-refractivity contribution in [1.29, 1.82) is 0 Å². The second-order valence-electron chi connectivity index (χ2n) is 6.11. The van der Waals surface area contributed by atoms with Crippen molar-refractivity contribution in [2.75, 3.05) is 6.61 Å². The normalized spacial score (nSPS) is 10.5. The smallest absolute Gasteiger partial charge is 0.276 e. The Morgan fingerprint density at radius 2 is 1.81 bits per heavy atom. The largest absolute Gasteiger partial charge is 0.483 e. The van der Waals surface area contributed by atoms with Gasteiger partial charge in [-0.05, 0) is 42.2 Å². The van der Waals surface area contributed by atoms with Gasteiger partial charge in [-0.15, -0.1) is 0 Å². The molecule has 0 fully saturated rings. The van der Waals surface area contributed by atoms with Crippen LogP contribution in [0, 0.1) is 18.6 Å². The molecule has 7 heteroatoms. The van der Waals surface area contributed by atoms with E-state index in [2.05, 4.69) is 10.9 Å². The standard InChI is InChI=1S/C19H20F2N2O3/c1-11(2)14-6-4-12(3)8-17(14)26-10-18(24)22-23-19(25)15-7-5-13(20)9-16(15)21/h4-9,11H,10H2,1-3H3,(H,22,24)(H,23,25). The van der Waals surface area contributed by atoms with Crippen LogP contribution in [-0.2, 0) is 4.79 Å². The molecule has 138 valence electrons. The summed E-state index contributed by atoms with van der Waals surface area (Å²) in [5.74, 6) is -2.52. The van der Waals surface area contributed by atoms with E-state index in [1.54, 1.807) is 0 Å². The zero-order chi connectivity index (χ0) is 19.3. The number of aryl methyl sites for hydroxylation is 1. The van der Waals surface area contributed by atoms with Crippen LogP contribution in [0.1, 0.15) is 41.3 Å². The Kier molecular flexibility index (Phi) is 6.27. The van der Waals surface area contributed by atoms with E-state index < -0.39 is 23.4 Å². The third-order valence-corrected chi connectivity index (χ3v) is 3.64. The van der Waals surface area contributed by atoms with Gasteiger partial charge in [-0.3, -0.25) is 20.4 Å². The lowest BCUT2D eigenvalue weighted by Gasteiger charge is -2.15. The first kappa shape index (κ1) is 19.4. The van der Waals surface area contributed by atoms with Gasteiger partial charge in [-0.1, -0.05) is 26.0 Å². The monoisotopic (exact) mass is 362 g/mol. The molecule has 2 aromatic carbocycles. The van der Waals surface area contributed by atoms with Gasteiger partial charge in [0.15, 0.2) is 6.61 Å². The molecule has 0 aliphatic heterocycles. The third kappa shape index (κ3) is 5.02. The number of hydrogen-bond donors (Lipinski definition) is 2. The van der Waals surface area contributed by atoms with E-state index in [1.165, 1.54) is 0 Å². The Balaban J connectivity index is 1.91. The van der Waals surface area contributed by atoms with E-state index >= 15 is 0 Å². The fourth-order valence-electron chi connectivity index (χ4n) is 2.29. The summed E-state index contributed by atoms with van der Waals surface area (Å²) in [6.07, 6.45) is 0. The number of halogens is 2. The molecule has 0 spiro atoms. The van der Waals surface area contributed by atoms with Gasteiger partial charge in [-0.2, -0.15) is 0 Å². The molecule has 0 radical (unpaired) electrons. The molecule has 0 saturated carbocycles. The predicted molar refractivity (Wildman–Crippen MR) is 92.7 cm³/mol. The van der Waals surface area contributed by atoms with Crippen molar-refractivity contribution in [1.82, 2.24) is 10.9 Å². The summed E-state index contributed by atoms with van der Waals surface area (Å²) in [5.41, 5.74) is 5.76. The van der Waals surface area contributed by atoms with Gasteiger partial charge < -0.3 is 4.74 Å². The maximum absolute atomic E-state index is 13.5. The Hall–Kier alpha value is -2.96. The number of ether oxygens (including phenoxy) is 1. The van der Waals surface area contributed by atoms with Gasteiger partial charge in [0, 0.05) is 6.07 Å². The first-order valence-electron chi connectivity index (χ1n) is 8.05. The highest BCUT2D eigenvalue weighted by molar-refractivity contribution is 5.95. The van der Waals surface area contributed by atoms with Crippen molar-refractivity contribution in [3.05, 3.63) is 64.7 Å². The van der Waals surface area contributed by atoms with E-state index in [4.69, 9.17) is 4.74 Å². The summed E-state index contributed by atoms with van der Waals surface area (Å²) in [5, 5.41) is 0. The Morgan fingerprint density at radius 3 is 2.46 bits per heavy atom. The molecule has 2 aromatic rings. The molecule has 0 heterocycles. The lowest BCUT2D eigenvalue weighted by atomic mass is 10.0. The Bertz CT molecular complexity index is 822. The summed E-state index contributed by atoms with van der Waals surface area (Å²) >= 11 is 0.